The van der Waals surface area contributed by atoms with Crippen LogP contribution in [0.3, 0.4) is 0 Å². The van der Waals surface area contributed by atoms with Gasteiger partial charge in [-0.1, -0.05) is 0 Å². The second-order valence-electron chi connectivity index (χ2n) is 4.58. The molecule has 1 aromatic carbocycles. The molecule has 2 aliphatic rings. The summed E-state index contributed by atoms with van der Waals surface area (Å²) in [7, 11) is 0. The number of benzene rings is 1. The molecule has 1 spiro atoms. The van der Waals surface area contributed by atoms with Gasteiger partial charge < -0.3 is 10.5 Å². The van der Waals surface area contributed by atoms with E-state index < -0.39 is 0 Å². The normalized spacial score (nSPS) is 22.0. The first-order valence-corrected chi connectivity index (χ1v) is 5.55. The number of nitrogens with two attached hydrogens (primary N) is 1. The Hall–Kier alpha value is -1.71. The van der Waals surface area contributed by atoms with Crippen molar-refractivity contribution in [2.45, 2.75) is 24.9 Å². The molecule has 1 aliphatic carbocycles. The van der Waals surface area contributed by atoms with Crippen LogP contribution < -0.4 is 10.6 Å². The Kier molecular flexibility index (Phi) is 1.87. The van der Waals surface area contributed by atoms with Gasteiger partial charge in [0.05, 0.1) is 6.54 Å². The maximum absolute atomic E-state index is 11.7. The van der Waals surface area contributed by atoms with Gasteiger partial charge in [0, 0.05) is 11.4 Å². The SMILES string of the molecule is Nc1ccc(N2CC3(CCC3)OC2=O)cc1. The minimum absolute atomic E-state index is 0.196. The van der Waals surface area contributed by atoms with E-state index >= 15 is 0 Å². The van der Waals surface area contributed by atoms with Crippen LogP contribution in [-0.2, 0) is 4.74 Å². The summed E-state index contributed by atoms with van der Waals surface area (Å²) in [6.07, 6.45) is 2.90. The molecule has 4 heteroatoms. The lowest BCUT2D eigenvalue weighted by atomic mass is 9.80. The number of hydrogen-bond donors (Lipinski definition) is 1. The van der Waals surface area contributed by atoms with E-state index in [1.54, 1.807) is 17.0 Å². The van der Waals surface area contributed by atoms with E-state index in [1.165, 1.54) is 0 Å². The van der Waals surface area contributed by atoms with E-state index in [4.69, 9.17) is 10.5 Å². The van der Waals surface area contributed by atoms with Crippen molar-refractivity contribution >= 4 is 17.5 Å². The molecule has 1 saturated carbocycles. The average molecular weight is 218 g/mol. The summed E-state index contributed by atoms with van der Waals surface area (Å²) in [6, 6.07) is 7.31. The first-order chi connectivity index (χ1) is 7.69. The monoisotopic (exact) mass is 218 g/mol. The predicted molar refractivity (Wildman–Crippen MR) is 61.3 cm³/mol. The van der Waals surface area contributed by atoms with Gasteiger partial charge in [-0.15, -0.1) is 0 Å². The van der Waals surface area contributed by atoms with Crippen LogP contribution in [0.4, 0.5) is 16.2 Å². The lowest BCUT2D eigenvalue weighted by molar-refractivity contribution is -0.00649. The second kappa shape index (κ2) is 3.14. The Labute approximate surface area is 94.0 Å². The Morgan fingerprint density at radius 2 is 1.94 bits per heavy atom. The molecule has 2 fully saturated rings. The van der Waals surface area contributed by atoms with E-state index in [2.05, 4.69) is 0 Å². The third kappa shape index (κ3) is 1.33. The van der Waals surface area contributed by atoms with Gasteiger partial charge in [0.2, 0.25) is 0 Å². The highest BCUT2D eigenvalue weighted by Crippen LogP contribution is 2.42. The third-order valence-corrected chi connectivity index (χ3v) is 3.44. The van der Waals surface area contributed by atoms with Crippen molar-refractivity contribution in [3.05, 3.63) is 24.3 Å². The quantitative estimate of drug-likeness (QED) is 0.735. The van der Waals surface area contributed by atoms with E-state index in [1.807, 2.05) is 12.1 Å². The van der Waals surface area contributed by atoms with Crippen LogP contribution in [0, 0.1) is 0 Å². The van der Waals surface area contributed by atoms with Gasteiger partial charge in [-0.3, -0.25) is 4.90 Å². The van der Waals surface area contributed by atoms with Crippen molar-refractivity contribution < 1.29 is 9.53 Å². The van der Waals surface area contributed by atoms with Crippen LogP contribution in [-0.4, -0.2) is 18.2 Å². The van der Waals surface area contributed by atoms with Gasteiger partial charge in [-0.2, -0.15) is 0 Å². The Bertz CT molecular complexity index is 423. The molecule has 4 nitrogen and oxygen atoms in total. The summed E-state index contributed by atoms with van der Waals surface area (Å²) in [4.78, 5) is 13.4. The molecule has 0 bridgehead atoms. The van der Waals surface area contributed by atoms with E-state index in [0.717, 1.165) is 24.9 Å². The molecule has 0 radical (unpaired) electrons. The highest BCUT2D eigenvalue weighted by atomic mass is 16.6. The first kappa shape index (κ1) is 9.51. The molecule has 1 aliphatic heterocycles. The van der Waals surface area contributed by atoms with E-state index in [-0.39, 0.29) is 11.7 Å². The molecular formula is C12H14N2O2. The van der Waals surface area contributed by atoms with Crippen molar-refractivity contribution in [2.24, 2.45) is 0 Å². The molecule has 3 rings (SSSR count). The van der Waals surface area contributed by atoms with Crippen molar-refractivity contribution in [1.82, 2.24) is 0 Å². The summed E-state index contributed by atoms with van der Waals surface area (Å²) in [5.74, 6) is 0. The number of carbonyl (C=O) groups excluding carboxylic acids is 1. The van der Waals surface area contributed by atoms with E-state index in [9.17, 15) is 4.79 Å². The van der Waals surface area contributed by atoms with Crippen LogP contribution in [0.1, 0.15) is 19.3 Å². The van der Waals surface area contributed by atoms with E-state index in [0.29, 0.717) is 12.2 Å². The van der Waals surface area contributed by atoms with Gasteiger partial charge in [0.25, 0.3) is 0 Å². The minimum Gasteiger partial charge on any atom is -0.441 e. The van der Waals surface area contributed by atoms with Gasteiger partial charge in [0.1, 0.15) is 5.60 Å². The highest BCUT2D eigenvalue weighted by Gasteiger charge is 2.49. The molecule has 1 saturated heterocycles. The van der Waals surface area contributed by atoms with Crippen LogP contribution in [0.5, 0.6) is 0 Å². The summed E-state index contributed by atoms with van der Waals surface area (Å²) < 4.78 is 5.44. The number of ether oxygens (including phenoxy) is 1. The zero-order valence-electron chi connectivity index (χ0n) is 8.98. The Morgan fingerprint density at radius 1 is 1.25 bits per heavy atom. The van der Waals surface area contributed by atoms with Crippen LogP contribution in [0.25, 0.3) is 0 Å². The Balaban J connectivity index is 1.85. The molecule has 1 heterocycles. The number of amides is 1. The Morgan fingerprint density at radius 3 is 2.44 bits per heavy atom. The van der Waals surface area contributed by atoms with Crippen molar-refractivity contribution in [3.8, 4) is 0 Å². The topological polar surface area (TPSA) is 55.6 Å². The van der Waals surface area contributed by atoms with Gasteiger partial charge in [-0.05, 0) is 43.5 Å². The van der Waals surface area contributed by atoms with Gasteiger partial charge in [0.15, 0.2) is 0 Å². The molecule has 0 aromatic heterocycles. The molecule has 0 atom stereocenters. The van der Waals surface area contributed by atoms with Gasteiger partial charge in [-0.25, -0.2) is 4.79 Å². The van der Waals surface area contributed by atoms with Crippen molar-refractivity contribution in [3.63, 3.8) is 0 Å². The summed E-state index contributed by atoms with van der Waals surface area (Å²) in [6.45, 7) is 0.676. The zero-order chi connectivity index (χ0) is 11.2. The number of anilines is 2. The standard InChI is InChI=1S/C12H14N2O2/c13-9-2-4-10(5-3-9)14-8-12(6-1-7-12)16-11(14)15/h2-5H,1,6-8,13H2. The number of rotatable bonds is 1. The smallest absolute Gasteiger partial charge is 0.415 e. The summed E-state index contributed by atoms with van der Waals surface area (Å²) in [5, 5.41) is 0. The summed E-state index contributed by atoms with van der Waals surface area (Å²) in [5.41, 5.74) is 6.99. The first-order valence-electron chi connectivity index (χ1n) is 5.55. The van der Waals surface area contributed by atoms with Crippen molar-refractivity contribution in [2.75, 3.05) is 17.2 Å². The fourth-order valence-electron chi connectivity index (χ4n) is 2.31. The van der Waals surface area contributed by atoms with Crippen LogP contribution in [0.2, 0.25) is 0 Å². The maximum Gasteiger partial charge on any atom is 0.415 e. The third-order valence-electron chi connectivity index (χ3n) is 3.44. The van der Waals surface area contributed by atoms with Gasteiger partial charge >= 0.3 is 6.09 Å². The number of nitrogens with zero attached hydrogens (tertiary/aromatic N) is 1. The number of carbonyl (C=O) groups is 1. The molecule has 84 valence electrons. The van der Waals surface area contributed by atoms with Crippen LogP contribution >= 0.6 is 0 Å². The zero-order valence-corrected chi connectivity index (χ0v) is 8.98. The molecular weight excluding hydrogens is 204 g/mol. The molecule has 0 unspecified atom stereocenters. The molecule has 1 amide bonds. The summed E-state index contributed by atoms with van der Waals surface area (Å²) >= 11 is 0. The molecule has 16 heavy (non-hydrogen) atoms. The largest absolute Gasteiger partial charge is 0.441 e. The molecule has 1 aromatic rings. The highest BCUT2D eigenvalue weighted by molar-refractivity contribution is 5.90. The maximum atomic E-state index is 11.7. The lowest BCUT2D eigenvalue weighted by Crippen LogP contribution is -2.41. The fraction of sp³-hybridized carbons (Fsp3) is 0.417. The lowest BCUT2D eigenvalue weighted by Gasteiger charge is -2.35. The van der Waals surface area contributed by atoms with Crippen molar-refractivity contribution in [1.29, 1.82) is 0 Å². The predicted octanol–water partition coefficient (Wildman–Crippen LogP) is 2.15. The molecule has 2 N–H and O–H groups in total. The number of hydrogen-bond acceptors (Lipinski definition) is 3. The second-order valence-corrected chi connectivity index (χ2v) is 4.58. The minimum atomic E-state index is -0.232. The van der Waals surface area contributed by atoms with Crippen LogP contribution in [0.15, 0.2) is 24.3 Å². The number of nitrogen functional groups attached to an aromatic ring is 1. The average Bonchev–Trinajstić information content (AvgIpc) is 2.57. The fourth-order valence-corrected chi connectivity index (χ4v) is 2.31.